The summed E-state index contributed by atoms with van der Waals surface area (Å²) in [5, 5.41) is 24.8. The topological polar surface area (TPSA) is 40.5 Å². The van der Waals surface area contributed by atoms with E-state index in [-0.39, 0.29) is 0 Å². The van der Waals surface area contributed by atoms with Crippen molar-refractivity contribution in [2.75, 3.05) is 0 Å². The van der Waals surface area contributed by atoms with Crippen molar-refractivity contribution in [1.82, 2.24) is 0 Å². The Morgan fingerprint density at radius 3 is 1.65 bits per heavy atom. The Morgan fingerprint density at radius 1 is 0.850 bits per heavy atom. The third-order valence-electron chi connectivity index (χ3n) is 2.75. The average molecular weight is 359 g/mol. The molecule has 0 saturated carbocycles. The van der Waals surface area contributed by atoms with Crippen LogP contribution < -0.4 is 0 Å². The molecule has 0 amide bonds. The van der Waals surface area contributed by atoms with Crippen LogP contribution in [0, 0.1) is 3.14 Å². The molecule has 0 saturated heterocycles. The molecule has 104 valence electrons. The average Bonchev–Trinajstić information content (AvgIpc) is 3.18. The van der Waals surface area contributed by atoms with E-state index >= 15 is 0 Å². The zero-order valence-electron chi connectivity index (χ0n) is 10.1. The van der Waals surface area contributed by atoms with Gasteiger partial charge in [-0.05, 0) is 22.9 Å². The van der Waals surface area contributed by atoms with E-state index in [0.29, 0.717) is 0 Å². The molecule has 0 aliphatic carbocycles. The summed E-state index contributed by atoms with van der Waals surface area (Å²) < 4.78 is 0.723. The molecule has 2 atom stereocenters. The van der Waals surface area contributed by atoms with Crippen LogP contribution in [0.1, 0.15) is 31.7 Å². The molecule has 2 N–H and O–H groups in total. The van der Waals surface area contributed by atoms with E-state index in [4.69, 9.17) is 12.2 Å². The highest BCUT2D eigenvalue weighted by atomic mass is 32.2. The summed E-state index contributed by atoms with van der Waals surface area (Å²) in [7, 11) is 0. The monoisotopic (exact) mass is 358 g/mol. The number of hydrogen-bond acceptors (Lipinski definition) is 7. The first kappa shape index (κ1) is 14.5. The van der Waals surface area contributed by atoms with Crippen molar-refractivity contribution in [2.24, 2.45) is 0 Å². The highest BCUT2D eigenvalue weighted by molar-refractivity contribution is 7.76. The summed E-state index contributed by atoms with van der Waals surface area (Å²) in [6.45, 7) is 0. The Hall–Kier alpha value is -0.410. The summed E-state index contributed by atoms with van der Waals surface area (Å²) in [6, 6.07) is 7.60. The van der Waals surface area contributed by atoms with E-state index in [2.05, 4.69) is 0 Å². The Morgan fingerprint density at radius 2 is 1.30 bits per heavy atom. The second-order valence-electron chi connectivity index (χ2n) is 4.02. The number of aliphatic hydroxyl groups is 2. The predicted octanol–water partition coefficient (Wildman–Crippen LogP) is 4.83. The summed E-state index contributed by atoms with van der Waals surface area (Å²) in [6.07, 6.45) is -1.42. The summed E-state index contributed by atoms with van der Waals surface area (Å²) >= 11 is 11.0. The van der Waals surface area contributed by atoms with Crippen LogP contribution in [-0.4, -0.2) is 10.2 Å². The molecular formula is C13H10O2S5. The number of rotatable bonds is 4. The zero-order chi connectivity index (χ0) is 14.1. The van der Waals surface area contributed by atoms with Crippen LogP contribution in [-0.2, 0) is 0 Å². The van der Waals surface area contributed by atoms with Gasteiger partial charge in [0, 0.05) is 9.75 Å². The Labute approximate surface area is 137 Å². The van der Waals surface area contributed by atoms with Crippen LogP contribution in [0.3, 0.4) is 0 Å². The standard InChI is InChI=1S/C13H10O2S5/c14-9(7-3-1-5-17-7)11-12(20-13(16)19-11)10(15)8-4-2-6-18-8/h1-6,9-10,14-15H/t9-,10-/m0/s1. The minimum Gasteiger partial charge on any atom is -0.382 e. The first-order valence-electron chi connectivity index (χ1n) is 5.73. The van der Waals surface area contributed by atoms with E-state index in [1.807, 2.05) is 35.0 Å². The SMILES string of the molecule is O[C@@H](c1cccs1)c1sc(=S)sc1[C@@H](O)c1cccs1. The molecular weight excluding hydrogens is 348 g/mol. The van der Waals surface area contributed by atoms with Crippen LogP contribution in [0.2, 0.25) is 0 Å². The fourth-order valence-electron chi connectivity index (χ4n) is 1.83. The van der Waals surface area contributed by atoms with Crippen LogP contribution in [0.4, 0.5) is 0 Å². The fraction of sp³-hybridized carbons (Fsp3) is 0.154. The first-order chi connectivity index (χ1) is 9.66. The van der Waals surface area contributed by atoms with Crippen molar-refractivity contribution in [3.8, 4) is 0 Å². The number of hydrogen-bond donors (Lipinski definition) is 2. The van der Waals surface area contributed by atoms with Gasteiger partial charge in [-0.1, -0.05) is 24.4 Å². The van der Waals surface area contributed by atoms with Crippen molar-refractivity contribution in [3.63, 3.8) is 0 Å². The van der Waals surface area contributed by atoms with Crippen LogP contribution in [0.15, 0.2) is 35.0 Å². The molecule has 0 radical (unpaired) electrons. The van der Waals surface area contributed by atoms with E-state index in [1.54, 1.807) is 0 Å². The van der Waals surface area contributed by atoms with Gasteiger partial charge in [-0.15, -0.1) is 45.3 Å². The molecule has 0 spiro atoms. The fourth-order valence-corrected chi connectivity index (χ4v) is 6.17. The number of aliphatic hydroxyl groups excluding tert-OH is 2. The van der Waals surface area contributed by atoms with Crippen molar-refractivity contribution in [1.29, 1.82) is 0 Å². The molecule has 0 fully saturated rings. The highest BCUT2D eigenvalue weighted by Crippen LogP contribution is 2.41. The third-order valence-corrected chi connectivity index (χ3v) is 7.39. The lowest BCUT2D eigenvalue weighted by atomic mass is 10.1. The van der Waals surface area contributed by atoms with Gasteiger partial charge in [0.25, 0.3) is 0 Å². The van der Waals surface area contributed by atoms with Gasteiger partial charge in [-0.3, -0.25) is 0 Å². The minimum absolute atomic E-state index is 0.711. The summed E-state index contributed by atoms with van der Waals surface area (Å²) in [5.74, 6) is 0. The summed E-state index contributed by atoms with van der Waals surface area (Å²) in [4.78, 5) is 3.24. The molecule has 3 aromatic rings. The lowest BCUT2D eigenvalue weighted by Crippen LogP contribution is -2.02. The van der Waals surface area contributed by atoms with Gasteiger partial charge >= 0.3 is 0 Å². The molecule has 7 heteroatoms. The van der Waals surface area contributed by atoms with E-state index < -0.39 is 12.2 Å². The van der Waals surface area contributed by atoms with Gasteiger partial charge in [0.1, 0.15) is 15.3 Å². The molecule has 0 aromatic carbocycles. The molecule has 20 heavy (non-hydrogen) atoms. The first-order valence-corrected chi connectivity index (χ1v) is 9.53. The Balaban J connectivity index is 2.02. The zero-order valence-corrected chi connectivity index (χ0v) is 14.1. The van der Waals surface area contributed by atoms with Crippen molar-refractivity contribution < 1.29 is 10.2 Å². The van der Waals surface area contributed by atoms with Crippen molar-refractivity contribution in [3.05, 3.63) is 57.7 Å². The van der Waals surface area contributed by atoms with Gasteiger partial charge in [0.2, 0.25) is 0 Å². The largest absolute Gasteiger partial charge is 0.382 e. The normalized spacial score (nSPS) is 14.3. The van der Waals surface area contributed by atoms with Crippen LogP contribution in [0.5, 0.6) is 0 Å². The third kappa shape index (κ3) is 2.80. The van der Waals surface area contributed by atoms with Gasteiger partial charge in [0.05, 0.1) is 9.75 Å². The molecule has 0 aliphatic rings. The van der Waals surface area contributed by atoms with E-state index in [0.717, 1.165) is 22.6 Å². The molecule has 3 aromatic heterocycles. The van der Waals surface area contributed by atoms with Crippen LogP contribution in [0.25, 0.3) is 0 Å². The highest BCUT2D eigenvalue weighted by Gasteiger charge is 2.24. The molecule has 3 heterocycles. The maximum Gasteiger partial charge on any atom is 0.144 e. The second-order valence-corrected chi connectivity index (χ2v) is 9.26. The van der Waals surface area contributed by atoms with Gasteiger partial charge in [-0.25, -0.2) is 0 Å². The molecule has 0 bridgehead atoms. The van der Waals surface area contributed by atoms with Gasteiger partial charge < -0.3 is 10.2 Å². The second kappa shape index (κ2) is 6.15. The van der Waals surface area contributed by atoms with Gasteiger partial charge in [-0.2, -0.15) is 0 Å². The quantitative estimate of drug-likeness (QED) is 0.657. The number of thiophene rings is 2. The minimum atomic E-state index is -0.711. The Kier molecular flexibility index (Phi) is 4.46. The lowest BCUT2D eigenvalue weighted by Gasteiger charge is -2.12. The smallest absolute Gasteiger partial charge is 0.144 e. The summed E-state index contributed by atoms with van der Waals surface area (Å²) in [5.41, 5.74) is 0. The predicted molar refractivity (Wildman–Crippen MR) is 89.8 cm³/mol. The van der Waals surface area contributed by atoms with Crippen LogP contribution >= 0.6 is 57.6 Å². The maximum atomic E-state index is 10.5. The van der Waals surface area contributed by atoms with Crippen molar-refractivity contribution >= 4 is 57.6 Å². The molecule has 0 unspecified atom stereocenters. The van der Waals surface area contributed by atoms with E-state index in [9.17, 15) is 10.2 Å². The van der Waals surface area contributed by atoms with Gasteiger partial charge in [0.15, 0.2) is 0 Å². The molecule has 3 rings (SSSR count). The maximum absolute atomic E-state index is 10.5. The van der Waals surface area contributed by atoms with E-state index in [1.165, 1.54) is 45.3 Å². The molecule has 2 nitrogen and oxygen atoms in total. The lowest BCUT2D eigenvalue weighted by molar-refractivity contribution is 0.207. The van der Waals surface area contributed by atoms with Crippen molar-refractivity contribution in [2.45, 2.75) is 12.2 Å². The molecule has 0 aliphatic heterocycles. The Bertz CT molecular complexity index is 663.